The summed E-state index contributed by atoms with van der Waals surface area (Å²) in [7, 11) is 2.82. The number of amides is 2. The van der Waals surface area contributed by atoms with Crippen molar-refractivity contribution in [2.45, 2.75) is 26.4 Å². The molecule has 2 amide bonds. The molecule has 0 saturated heterocycles. The van der Waals surface area contributed by atoms with E-state index in [4.69, 9.17) is 9.47 Å². The Hall–Kier alpha value is -2.87. The number of hydrogen-bond acceptors (Lipinski definition) is 7. The van der Waals surface area contributed by atoms with E-state index in [-0.39, 0.29) is 19.1 Å². The second kappa shape index (κ2) is 8.02. The molecule has 1 aromatic carbocycles. The Morgan fingerprint density at radius 2 is 1.89 bits per heavy atom. The van der Waals surface area contributed by atoms with Crippen LogP contribution in [-0.2, 0) is 9.53 Å². The van der Waals surface area contributed by atoms with Crippen LogP contribution in [0.4, 0.5) is 0 Å². The lowest BCUT2D eigenvalue weighted by Crippen LogP contribution is -2.32. The first-order valence-corrected chi connectivity index (χ1v) is 9.64. The number of esters is 1. The van der Waals surface area contributed by atoms with E-state index in [0.29, 0.717) is 27.5 Å². The molecule has 0 spiro atoms. The lowest BCUT2D eigenvalue weighted by atomic mass is 10.1. The van der Waals surface area contributed by atoms with Crippen LogP contribution in [0.3, 0.4) is 0 Å². The maximum atomic E-state index is 12.8. The predicted molar refractivity (Wildman–Crippen MR) is 104 cm³/mol. The third-order valence-electron chi connectivity index (χ3n) is 4.28. The Kier molecular flexibility index (Phi) is 5.69. The topological polar surface area (TPSA) is 82.1 Å². The fraction of sp³-hybridized carbons (Fsp3) is 0.350. The highest BCUT2D eigenvalue weighted by atomic mass is 32.1. The van der Waals surface area contributed by atoms with Crippen molar-refractivity contribution in [2.75, 3.05) is 20.8 Å². The number of benzene rings is 1. The van der Waals surface area contributed by atoms with Crippen LogP contribution in [0.15, 0.2) is 23.6 Å². The fourth-order valence-corrected chi connectivity index (χ4v) is 4.01. The number of carbonyl (C=O) groups is 3. The fourth-order valence-electron chi connectivity index (χ4n) is 2.98. The van der Waals surface area contributed by atoms with Gasteiger partial charge in [-0.1, -0.05) is 0 Å². The van der Waals surface area contributed by atoms with E-state index in [1.165, 1.54) is 18.4 Å². The van der Waals surface area contributed by atoms with Crippen molar-refractivity contribution < 1.29 is 28.6 Å². The smallest absolute Gasteiger partial charge is 0.307 e. The van der Waals surface area contributed by atoms with Gasteiger partial charge in [0.25, 0.3) is 11.8 Å². The second-order valence-electron chi connectivity index (χ2n) is 6.47. The van der Waals surface area contributed by atoms with E-state index < -0.39 is 17.8 Å². The molecule has 0 radical (unpaired) electrons. The van der Waals surface area contributed by atoms with Gasteiger partial charge in [0.2, 0.25) is 0 Å². The Balaban J connectivity index is 1.92. The van der Waals surface area contributed by atoms with Gasteiger partial charge in [0.15, 0.2) is 11.5 Å². The zero-order valence-electron chi connectivity index (χ0n) is 16.1. The summed E-state index contributed by atoms with van der Waals surface area (Å²) >= 11 is 1.33. The molecule has 0 unspecified atom stereocenters. The first kappa shape index (κ1) is 19.9. The Morgan fingerprint density at radius 1 is 1.14 bits per heavy atom. The van der Waals surface area contributed by atoms with Gasteiger partial charge in [-0.05, 0) is 37.6 Å². The second-order valence-corrected chi connectivity index (χ2v) is 7.35. The minimum Gasteiger partial charge on any atom is -0.493 e. The summed E-state index contributed by atoms with van der Waals surface area (Å²) in [6, 6.07) is 5.41. The van der Waals surface area contributed by atoms with Gasteiger partial charge >= 0.3 is 5.97 Å². The molecular weight excluding hydrogens is 382 g/mol. The molecule has 8 heteroatoms. The molecule has 28 heavy (non-hydrogen) atoms. The minimum atomic E-state index is -0.472. The number of nitrogens with zero attached hydrogens (tertiary/aromatic N) is 1. The Morgan fingerprint density at radius 3 is 2.54 bits per heavy atom. The van der Waals surface area contributed by atoms with E-state index in [0.717, 1.165) is 10.5 Å². The molecule has 2 aromatic rings. The SMILES string of the molecule is COC(=O)CCN1C(=O)c2csc(-c3ccc(OC(C)C)c(OC)c3)c2C1=O. The monoisotopic (exact) mass is 403 g/mol. The minimum absolute atomic E-state index is 0.00620. The largest absolute Gasteiger partial charge is 0.493 e. The molecule has 1 aliphatic heterocycles. The summed E-state index contributed by atoms with van der Waals surface area (Å²) in [5.41, 5.74) is 1.48. The number of rotatable bonds is 7. The van der Waals surface area contributed by atoms with Crippen LogP contribution in [0.25, 0.3) is 10.4 Å². The number of hydrogen-bond donors (Lipinski definition) is 0. The van der Waals surface area contributed by atoms with Crippen LogP contribution in [-0.4, -0.2) is 49.6 Å². The third-order valence-corrected chi connectivity index (χ3v) is 5.31. The lowest BCUT2D eigenvalue weighted by molar-refractivity contribution is -0.140. The van der Waals surface area contributed by atoms with Crippen molar-refractivity contribution in [2.24, 2.45) is 0 Å². The molecule has 0 N–H and O–H groups in total. The highest BCUT2D eigenvalue weighted by Gasteiger charge is 2.39. The Bertz CT molecular complexity index is 933. The number of methoxy groups -OCH3 is 2. The van der Waals surface area contributed by atoms with Gasteiger partial charge in [-0.25, -0.2) is 0 Å². The molecule has 2 heterocycles. The standard InChI is InChI=1S/C20H21NO6S/c1-11(2)27-14-6-5-12(9-15(14)25-3)18-17-13(10-28-18)19(23)21(20(17)24)8-7-16(22)26-4/h5-6,9-11H,7-8H2,1-4H3. The van der Waals surface area contributed by atoms with Gasteiger partial charge in [-0.3, -0.25) is 19.3 Å². The van der Waals surface area contributed by atoms with Crippen molar-refractivity contribution >= 4 is 29.1 Å². The zero-order valence-corrected chi connectivity index (χ0v) is 16.9. The summed E-state index contributed by atoms with van der Waals surface area (Å²) in [4.78, 5) is 38.5. The molecule has 0 aliphatic carbocycles. The van der Waals surface area contributed by atoms with Crippen LogP contribution >= 0.6 is 11.3 Å². The van der Waals surface area contributed by atoms with Gasteiger partial charge in [0, 0.05) is 16.8 Å². The van der Waals surface area contributed by atoms with Crippen molar-refractivity contribution in [1.29, 1.82) is 0 Å². The predicted octanol–water partition coefficient (Wildman–Crippen LogP) is 3.37. The summed E-state index contributed by atoms with van der Waals surface area (Å²) in [6.45, 7) is 3.84. The summed E-state index contributed by atoms with van der Waals surface area (Å²) < 4.78 is 15.7. The van der Waals surface area contributed by atoms with Gasteiger partial charge in [-0.15, -0.1) is 11.3 Å². The summed E-state index contributed by atoms with van der Waals surface area (Å²) in [6.07, 6.45) is -0.0418. The van der Waals surface area contributed by atoms with Gasteiger partial charge in [0.05, 0.1) is 37.9 Å². The highest BCUT2D eigenvalue weighted by molar-refractivity contribution is 7.14. The van der Waals surface area contributed by atoms with E-state index in [9.17, 15) is 14.4 Å². The Labute approximate surface area is 166 Å². The third kappa shape index (κ3) is 3.60. The molecule has 7 nitrogen and oxygen atoms in total. The number of imide groups is 1. The first-order valence-electron chi connectivity index (χ1n) is 8.77. The van der Waals surface area contributed by atoms with Crippen LogP contribution in [0.2, 0.25) is 0 Å². The number of thiophene rings is 1. The molecule has 3 rings (SSSR count). The van der Waals surface area contributed by atoms with Crippen molar-refractivity contribution in [1.82, 2.24) is 4.90 Å². The van der Waals surface area contributed by atoms with Crippen LogP contribution in [0, 0.1) is 0 Å². The molecule has 0 atom stereocenters. The van der Waals surface area contributed by atoms with Crippen molar-refractivity contribution in [3.05, 3.63) is 34.7 Å². The maximum Gasteiger partial charge on any atom is 0.307 e. The molecule has 148 valence electrons. The van der Waals surface area contributed by atoms with E-state index in [1.54, 1.807) is 24.6 Å². The van der Waals surface area contributed by atoms with Gasteiger partial charge in [-0.2, -0.15) is 0 Å². The summed E-state index contributed by atoms with van der Waals surface area (Å²) in [5, 5.41) is 1.67. The molecule has 0 saturated carbocycles. The van der Waals surface area contributed by atoms with Gasteiger partial charge in [0.1, 0.15) is 0 Å². The number of fused-ring (bicyclic) bond motifs is 1. The molecular formula is C20H21NO6S. The normalized spacial score (nSPS) is 13.1. The molecule has 1 aromatic heterocycles. The van der Waals surface area contributed by atoms with E-state index in [2.05, 4.69) is 4.74 Å². The zero-order chi connectivity index (χ0) is 20.4. The first-order chi connectivity index (χ1) is 13.4. The number of ether oxygens (including phenoxy) is 3. The van der Waals surface area contributed by atoms with Crippen LogP contribution in [0.5, 0.6) is 11.5 Å². The molecule has 1 aliphatic rings. The number of carbonyl (C=O) groups excluding carboxylic acids is 3. The molecule has 0 bridgehead atoms. The quantitative estimate of drug-likeness (QED) is 0.521. The van der Waals surface area contributed by atoms with E-state index in [1.807, 2.05) is 19.9 Å². The maximum absolute atomic E-state index is 12.8. The van der Waals surface area contributed by atoms with E-state index >= 15 is 0 Å². The highest BCUT2D eigenvalue weighted by Crippen LogP contribution is 2.41. The molecule has 0 fully saturated rings. The van der Waals surface area contributed by atoms with Crippen LogP contribution in [0.1, 0.15) is 41.0 Å². The van der Waals surface area contributed by atoms with Crippen LogP contribution < -0.4 is 9.47 Å². The van der Waals surface area contributed by atoms with Crippen molar-refractivity contribution in [3.63, 3.8) is 0 Å². The van der Waals surface area contributed by atoms with Gasteiger partial charge < -0.3 is 14.2 Å². The lowest BCUT2D eigenvalue weighted by Gasteiger charge is -2.15. The van der Waals surface area contributed by atoms with Crippen molar-refractivity contribution in [3.8, 4) is 21.9 Å². The summed E-state index contributed by atoms with van der Waals surface area (Å²) in [5.74, 6) is -0.107. The average Bonchev–Trinajstić information content (AvgIpc) is 3.20. The average molecular weight is 403 g/mol.